The van der Waals surface area contributed by atoms with Gasteiger partial charge in [0, 0.05) is 49.7 Å². The molecule has 1 saturated heterocycles. The van der Waals surface area contributed by atoms with Crippen LogP contribution in [0.4, 0.5) is 5.69 Å². The van der Waals surface area contributed by atoms with E-state index in [4.69, 9.17) is 5.73 Å². The van der Waals surface area contributed by atoms with Crippen molar-refractivity contribution >= 4 is 11.2 Å². The number of anilines is 1. The fourth-order valence-electron chi connectivity index (χ4n) is 3.13. The molecule has 0 atom stereocenters. The monoisotopic (exact) mass is 296 g/mol. The minimum Gasteiger partial charge on any atom is -0.370 e. The van der Waals surface area contributed by atoms with Gasteiger partial charge >= 0.3 is 0 Å². The maximum atomic E-state index is 6.04. The molecular formula is C16H20N6. The second-order valence-electron chi connectivity index (χ2n) is 6.00. The van der Waals surface area contributed by atoms with E-state index >= 15 is 0 Å². The van der Waals surface area contributed by atoms with E-state index in [1.54, 1.807) is 0 Å². The van der Waals surface area contributed by atoms with Gasteiger partial charge in [0.15, 0.2) is 0 Å². The quantitative estimate of drug-likeness (QED) is 0.781. The minimum atomic E-state index is 0.332. The zero-order valence-electron chi connectivity index (χ0n) is 12.7. The zero-order valence-corrected chi connectivity index (χ0v) is 12.7. The molecule has 1 fully saturated rings. The highest BCUT2D eigenvalue weighted by molar-refractivity contribution is 5.79. The molecule has 22 heavy (non-hydrogen) atoms. The van der Waals surface area contributed by atoms with Crippen LogP contribution in [-0.4, -0.2) is 38.5 Å². The molecule has 2 N–H and O–H groups in total. The fourth-order valence-corrected chi connectivity index (χ4v) is 3.13. The van der Waals surface area contributed by atoms with Gasteiger partial charge in [-0.2, -0.15) is 10.2 Å². The van der Waals surface area contributed by atoms with Crippen molar-refractivity contribution in [1.29, 1.82) is 0 Å². The maximum absolute atomic E-state index is 6.04. The van der Waals surface area contributed by atoms with Crippen LogP contribution < -0.4 is 10.6 Å². The Labute approximate surface area is 129 Å². The third-order valence-electron chi connectivity index (χ3n) is 4.40. The van der Waals surface area contributed by atoms with Crippen LogP contribution in [0.15, 0.2) is 36.9 Å². The first-order valence-electron chi connectivity index (χ1n) is 7.67. The van der Waals surface area contributed by atoms with Crippen molar-refractivity contribution < 1.29 is 0 Å². The Kier molecular flexibility index (Phi) is 3.11. The van der Waals surface area contributed by atoms with Gasteiger partial charge in [0.25, 0.3) is 0 Å². The van der Waals surface area contributed by atoms with Crippen molar-refractivity contribution in [1.82, 2.24) is 19.4 Å². The lowest BCUT2D eigenvalue weighted by Crippen LogP contribution is -2.39. The van der Waals surface area contributed by atoms with Gasteiger partial charge in [0.1, 0.15) is 0 Å². The Morgan fingerprint density at radius 1 is 1.14 bits per heavy atom. The summed E-state index contributed by atoms with van der Waals surface area (Å²) >= 11 is 0. The van der Waals surface area contributed by atoms with Crippen molar-refractivity contribution in [3.63, 3.8) is 0 Å². The first kappa shape index (κ1) is 13.3. The molecule has 0 spiro atoms. The summed E-state index contributed by atoms with van der Waals surface area (Å²) in [6.07, 6.45) is 9.91. The van der Waals surface area contributed by atoms with Crippen molar-refractivity contribution in [3.8, 4) is 11.1 Å². The van der Waals surface area contributed by atoms with E-state index in [9.17, 15) is 0 Å². The van der Waals surface area contributed by atoms with Crippen molar-refractivity contribution in [2.45, 2.75) is 18.9 Å². The molecule has 6 nitrogen and oxygen atoms in total. The normalized spacial score (nSPS) is 16.5. The number of pyridine rings is 1. The Bertz CT molecular complexity index is 794. The number of rotatable bonds is 2. The number of hydrogen-bond donors (Lipinski definition) is 1. The van der Waals surface area contributed by atoms with E-state index in [-0.39, 0.29) is 0 Å². The van der Waals surface area contributed by atoms with Crippen LogP contribution in [-0.2, 0) is 7.05 Å². The lowest BCUT2D eigenvalue weighted by molar-refractivity contribution is 0.501. The molecular weight excluding hydrogens is 276 g/mol. The summed E-state index contributed by atoms with van der Waals surface area (Å²) < 4.78 is 3.77. The van der Waals surface area contributed by atoms with E-state index < -0.39 is 0 Å². The smallest absolute Gasteiger partial charge is 0.0895 e. The van der Waals surface area contributed by atoms with Gasteiger partial charge in [-0.25, -0.2) is 4.52 Å². The van der Waals surface area contributed by atoms with Gasteiger partial charge in [0.2, 0.25) is 0 Å². The molecule has 0 unspecified atom stereocenters. The average Bonchev–Trinajstić information content (AvgIpc) is 3.15. The standard InChI is InChI=1S/C16H20N6/c1-20-10-13(9-19-20)12-8-16(15-2-5-18-22(15)11-12)21-6-3-14(17)4-7-21/h2,5,8-11,14H,3-4,6-7,17H2,1H3. The summed E-state index contributed by atoms with van der Waals surface area (Å²) in [6, 6.07) is 4.64. The molecule has 4 heterocycles. The van der Waals surface area contributed by atoms with Gasteiger partial charge < -0.3 is 10.6 Å². The van der Waals surface area contributed by atoms with Gasteiger partial charge in [-0.15, -0.1) is 0 Å². The number of piperidine rings is 1. The summed E-state index contributed by atoms with van der Waals surface area (Å²) in [5, 5.41) is 8.69. The van der Waals surface area contributed by atoms with E-state index in [0.29, 0.717) is 6.04 Å². The van der Waals surface area contributed by atoms with Crippen LogP contribution in [0.2, 0.25) is 0 Å². The van der Waals surface area contributed by atoms with Crippen molar-refractivity contribution in [3.05, 3.63) is 36.9 Å². The van der Waals surface area contributed by atoms with Gasteiger partial charge in [0.05, 0.1) is 23.6 Å². The van der Waals surface area contributed by atoms with Crippen molar-refractivity contribution in [2.24, 2.45) is 12.8 Å². The Morgan fingerprint density at radius 2 is 1.95 bits per heavy atom. The topological polar surface area (TPSA) is 64.4 Å². The molecule has 6 heteroatoms. The lowest BCUT2D eigenvalue weighted by Gasteiger charge is -2.32. The largest absolute Gasteiger partial charge is 0.370 e. The summed E-state index contributed by atoms with van der Waals surface area (Å²) in [4.78, 5) is 2.42. The van der Waals surface area contributed by atoms with Crippen molar-refractivity contribution in [2.75, 3.05) is 18.0 Å². The highest BCUT2D eigenvalue weighted by atomic mass is 15.2. The second kappa shape index (κ2) is 5.14. The Morgan fingerprint density at radius 3 is 2.68 bits per heavy atom. The number of nitrogens with two attached hydrogens (primary N) is 1. The summed E-state index contributed by atoms with van der Waals surface area (Å²) in [7, 11) is 1.93. The second-order valence-corrected chi connectivity index (χ2v) is 6.00. The van der Waals surface area contributed by atoms with Gasteiger partial charge in [-0.3, -0.25) is 4.68 Å². The minimum absolute atomic E-state index is 0.332. The number of hydrogen-bond acceptors (Lipinski definition) is 4. The number of aromatic nitrogens is 4. The molecule has 0 amide bonds. The molecule has 1 aliphatic heterocycles. The van der Waals surface area contributed by atoms with Crippen LogP contribution in [0.25, 0.3) is 16.6 Å². The Hall–Kier alpha value is -2.34. The predicted octanol–water partition coefficient (Wildman–Crippen LogP) is 1.66. The molecule has 4 rings (SSSR count). The van der Waals surface area contributed by atoms with Crippen LogP contribution in [0.1, 0.15) is 12.8 Å². The average molecular weight is 296 g/mol. The van der Waals surface area contributed by atoms with Gasteiger partial charge in [-0.1, -0.05) is 0 Å². The molecule has 1 aliphatic rings. The molecule has 0 bridgehead atoms. The van der Waals surface area contributed by atoms with E-state index in [0.717, 1.165) is 42.6 Å². The fraction of sp³-hybridized carbons (Fsp3) is 0.375. The van der Waals surface area contributed by atoms with Crippen LogP contribution in [0.5, 0.6) is 0 Å². The highest BCUT2D eigenvalue weighted by Crippen LogP contribution is 2.30. The van der Waals surface area contributed by atoms with E-state index in [1.165, 1.54) is 5.69 Å². The molecule has 114 valence electrons. The molecule has 0 aliphatic carbocycles. The summed E-state index contributed by atoms with van der Waals surface area (Å²) in [5.74, 6) is 0. The number of nitrogens with zero attached hydrogens (tertiary/aromatic N) is 5. The summed E-state index contributed by atoms with van der Waals surface area (Å²) in [5.41, 5.74) is 10.6. The van der Waals surface area contributed by atoms with E-state index in [1.807, 2.05) is 34.8 Å². The highest BCUT2D eigenvalue weighted by Gasteiger charge is 2.19. The van der Waals surface area contributed by atoms with Crippen LogP contribution in [0, 0.1) is 0 Å². The molecule has 0 saturated carbocycles. The molecule has 3 aromatic rings. The van der Waals surface area contributed by atoms with Crippen LogP contribution in [0.3, 0.4) is 0 Å². The zero-order chi connectivity index (χ0) is 15.1. The first-order chi connectivity index (χ1) is 10.7. The Balaban J connectivity index is 1.80. The first-order valence-corrected chi connectivity index (χ1v) is 7.67. The molecule has 3 aromatic heterocycles. The molecule has 0 aromatic carbocycles. The van der Waals surface area contributed by atoms with Gasteiger partial charge in [-0.05, 0) is 25.0 Å². The van der Waals surface area contributed by atoms with E-state index in [2.05, 4.69) is 33.4 Å². The SMILES string of the molecule is Cn1cc(-c2cc(N3CCC(N)CC3)c3ccnn3c2)cn1. The third kappa shape index (κ3) is 2.25. The number of aryl methyl sites for hydroxylation is 1. The third-order valence-corrected chi connectivity index (χ3v) is 4.40. The lowest BCUT2D eigenvalue weighted by atomic mass is 10.0. The van der Waals surface area contributed by atoms with Crippen LogP contribution >= 0.6 is 0 Å². The predicted molar refractivity (Wildman–Crippen MR) is 86.8 cm³/mol. The number of fused-ring (bicyclic) bond motifs is 1. The summed E-state index contributed by atoms with van der Waals surface area (Å²) in [6.45, 7) is 2.00. The molecule has 0 radical (unpaired) electrons. The maximum Gasteiger partial charge on any atom is 0.0895 e.